The van der Waals surface area contributed by atoms with Crippen molar-refractivity contribution in [3.63, 3.8) is 0 Å². The zero-order valence-corrected chi connectivity index (χ0v) is 20.7. The van der Waals surface area contributed by atoms with E-state index in [1.165, 1.54) is 24.2 Å². The van der Waals surface area contributed by atoms with Crippen LogP contribution in [-0.4, -0.2) is 30.3 Å². The van der Waals surface area contributed by atoms with Crippen molar-refractivity contribution < 1.29 is 14.0 Å². The van der Waals surface area contributed by atoms with E-state index in [9.17, 15) is 14.0 Å². The van der Waals surface area contributed by atoms with Crippen molar-refractivity contribution in [1.29, 1.82) is 0 Å². The maximum Gasteiger partial charge on any atom is 0.260 e. The van der Waals surface area contributed by atoms with Gasteiger partial charge in [-0.15, -0.1) is 0 Å². The molecule has 2 aliphatic carbocycles. The van der Waals surface area contributed by atoms with Gasteiger partial charge in [-0.25, -0.2) is 4.39 Å². The van der Waals surface area contributed by atoms with Gasteiger partial charge in [0, 0.05) is 24.7 Å². The van der Waals surface area contributed by atoms with Gasteiger partial charge in [-0.3, -0.25) is 25.3 Å². The number of rotatable bonds is 15. The Hall–Kier alpha value is -2.31. The molecule has 1 saturated carbocycles. The highest BCUT2D eigenvalue weighted by atomic mass is 19.1. The third-order valence-corrected chi connectivity index (χ3v) is 6.89. The second-order valence-corrected chi connectivity index (χ2v) is 9.78. The molecule has 1 aromatic rings. The van der Waals surface area contributed by atoms with Crippen LogP contribution in [0, 0.1) is 11.7 Å². The molecule has 0 unspecified atom stereocenters. The second-order valence-electron chi connectivity index (χ2n) is 9.78. The smallest absolute Gasteiger partial charge is 0.260 e. The lowest BCUT2D eigenvalue weighted by molar-refractivity contribution is -0.135. The Kier molecular flexibility index (Phi) is 10.5. The predicted octanol–water partition coefficient (Wildman–Crippen LogP) is 5.54. The fourth-order valence-electron chi connectivity index (χ4n) is 4.41. The van der Waals surface area contributed by atoms with E-state index < -0.39 is 0 Å². The number of nitrogens with zero attached hydrogens (tertiary/aromatic N) is 1. The van der Waals surface area contributed by atoms with Gasteiger partial charge < -0.3 is 0 Å². The second kappa shape index (κ2) is 13.5. The molecule has 0 saturated heterocycles. The van der Waals surface area contributed by atoms with Crippen molar-refractivity contribution in [3.8, 4) is 0 Å². The molecule has 1 aromatic carbocycles. The highest BCUT2D eigenvalue weighted by Crippen LogP contribution is 2.34. The van der Waals surface area contributed by atoms with E-state index in [4.69, 9.17) is 0 Å². The third kappa shape index (κ3) is 8.17. The number of amides is 2. The molecule has 1 atom stereocenters. The summed E-state index contributed by atoms with van der Waals surface area (Å²) in [5.41, 5.74) is 10.2. The van der Waals surface area contributed by atoms with E-state index >= 15 is 0 Å². The van der Waals surface area contributed by atoms with E-state index in [1.54, 1.807) is 6.07 Å². The van der Waals surface area contributed by atoms with Gasteiger partial charge in [-0.05, 0) is 75.5 Å². The monoisotopic (exact) mass is 469 g/mol. The molecule has 0 aliphatic heterocycles. The van der Waals surface area contributed by atoms with Crippen LogP contribution in [0.5, 0.6) is 0 Å². The van der Waals surface area contributed by atoms with Gasteiger partial charge in [0.25, 0.3) is 5.91 Å². The summed E-state index contributed by atoms with van der Waals surface area (Å²) in [5, 5.41) is 0. The number of imide groups is 1. The molecule has 6 heteroatoms. The molecule has 2 aliphatic rings. The Morgan fingerprint density at radius 1 is 1.24 bits per heavy atom. The van der Waals surface area contributed by atoms with Gasteiger partial charge in [-0.2, -0.15) is 0 Å². The van der Waals surface area contributed by atoms with Crippen molar-refractivity contribution in [2.45, 2.75) is 84.1 Å². The first-order valence-electron chi connectivity index (χ1n) is 12.9. The number of hydrogen-bond acceptors (Lipinski definition) is 4. The van der Waals surface area contributed by atoms with E-state index in [1.807, 2.05) is 31.2 Å². The number of nitrogens with one attached hydrogen (secondary N) is 2. The number of halogens is 1. The molecule has 2 N–H and O–H groups in total. The van der Waals surface area contributed by atoms with Gasteiger partial charge in [0.15, 0.2) is 0 Å². The van der Waals surface area contributed by atoms with Crippen molar-refractivity contribution in [2.24, 2.45) is 5.92 Å². The normalized spacial score (nSPS) is 16.6. The summed E-state index contributed by atoms with van der Waals surface area (Å²) in [5.74, 6) is 0.588. The van der Waals surface area contributed by atoms with E-state index in [2.05, 4.69) is 17.8 Å². The first kappa shape index (κ1) is 26.3. The number of benzene rings is 1. The molecule has 0 heterocycles. The van der Waals surface area contributed by atoms with Gasteiger partial charge in [0.05, 0.1) is 0 Å². The zero-order chi connectivity index (χ0) is 24.3. The lowest BCUT2D eigenvalue weighted by Crippen LogP contribution is -2.35. The number of aryl methyl sites for hydroxylation is 1. The molecule has 0 aromatic heterocycles. The van der Waals surface area contributed by atoms with Gasteiger partial charge in [0.1, 0.15) is 5.82 Å². The summed E-state index contributed by atoms with van der Waals surface area (Å²) in [4.78, 5) is 25.3. The number of carbonyl (C=O) groups excluding carboxylic acids is 2. The molecular weight excluding hydrogens is 429 g/mol. The van der Waals surface area contributed by atoms with Crippen LogP contribution in [0.3, 0.4) is 0 Å². The molecule has 3 rings (SSSR count). The lowest BCUT2D eigenvalue weighted by atomic mass is 9.98. The summed E-state index contributed by atoms with van der Waals surface area (Å²) >= 11 is 0. The maximum atomic E-state index is 14.2. The minimum Gasteiger partial charge on any atom is -0.281 e. The quantitative estimate of drug-likeness (QED) is 0.201. The van der Waals surface area contributed by atoms with Crippen LogP contribution in [0.25, 0.3) is 0 Å². The first-order valence-corrected chi connectivity index (χ1v) is 12.9. The number of carbonyl (C=O) groups is 2. The lowest BCUT2D eigenvalue weighted by Gasteiger charge is -2.19. The van der Waals surface area contributed by atoms with Crippen LogP contribution in [0.2, 0.25) is 0 Å². The number of hydrazine groups is 1. The number of unbranched alkanes of at least 4 members (excludes halogenated alkanes) is 2. The summed E-state index contributed by atoms with van der Waals surface area (Å²) in [6.07, 6.45) is 14.7. The average Bonchev–Trinajstić information content (AvgIpc) is 3.66. The Balaban J connectivity index is 1.31. The fourth-order valence-corrected chi connectivity index (χ4v) is 4.41. The largest absolute Gasteiger partial charge is 0.281 e. The topological polar surface area (TPSA) is 61.4 Å². The van der Waals surface area contributed by atoms with Crippen LogP contribution in [0.1, 0.15) is 88.8 Å². The van der Waals surface area contributed by atoms with E-state index in [0.29, 0.717) is 18.5 Å². The molecule has 1 fully saturated rings. The van der Waals surface area contributed by atoms with Crippen LogP contribution < -0.4 is 10.9 Å². The third-order valence-electron chi connectivity index (χ3n) is 6.89. The number of hydrogen-bond donors (Lipinski definition) is 2. The first-order chi connectivity index (χ1) is 16.5. The SMILES string of the molecule is CC1=C(C(=O)N(C=O)CCCCCNN[C@@H](C)c2ccc(F)c(CCCC3CC3)c2)C=CCC1. The number of allylic oxidation sites excluding steroid dienone is 2. The van der Waals surface area contributed by atoms with Gasteiger partial charge in [-0.1, -0.05) is 55.5 Å². The molecule has 5 nitrogen and oxygen atoms in total. The molecule has 0 spiro atoms. The highest BCUT2D eigenvalue weighted by molar-refractivity contribution is 6.02. The molecule has 0 radical (unpaired) electrons. The van der Waals surface area contributed by atoms with Crippen molar-refractivity contribution >= 4 is 12.3 Å². The molecular formula is C28H40FN3O2. The van der Waals surface area contributed by atoms with Crippen molar-refractivity contribution in [1.82, 2.24) is 15.8 Å². The molecule has 186 valence electrons. The van der Waals surface area contributed by atoms with E-state index in [-0.39, 0.29) is 17.8 Å². The van der Waals surface area contributed by atoms with Crippen molar-refractivity contribution in [2.75, 3.05) is 13.1 Å². The Morgan fingerprint density at radius 2 is 2.06 bits per heavy atom. The standard InChI is InChI=1S/C28H40FN3O2/c1-21-9-4-5-12-26(21)28(34)32(20-33)18-7-3-6-17-30-31-22(2)24-15-16-27(29)25(19-24)11-8-10-23-13-14-23/h5,12,15-16,19-20,22-23,30-31H,3-4,6-11,13-14,17-18H2,1-2H3/t22-/m0/s1. The molecule has 34 heavy (non-hydrogen) atoms. The minimum atomic E-state index is -0.191. The fraction of sp³-hybridized carbons (Fsp3) is 0.571. The zero-order valence-electron chi connectivity index (χ0n) is 20.7. The van der Waals surface area contributed by atoms with Crippen LogP contribution >= 0.6 is 0 Å². The maximum absolute atomic E-state index is 14.2. The summed E-state index contributed by atoms with van der Waals surface area (Å²) < 4.78 is 14.2. The van der Waals surface area contributed by atoms with Crippen LogP contribution in [0.15, 0.2) is 41.5 Å². The van der Waals surface area contributed by atoms with E-state index in [0.717, 1.165) is 74.1 Å². The average molecular weight is 470 g/mol. The summed E-state index contributed by atoms with van der Waals surface area (Å²) in [6, 6.07) is 5.50. The molecule has 0 bridgehead atoms. The van der Waals surface area contributed by atoms with Gasteiger partial charge in [0.2, 0.25) is 6.41 Å². The van der Waals surface area contributed by atoms with Gasteiger partial charge >= 0.3 is 0 Å². The molecule has 2 amide bonds. The van der Waals surface area contributed by atoms with Crippen LogP contribution in [0.4, 0.5) is 4.39 Å². The van der Waals surface area contributed by atoms with Crippen molar-refractivity contribution in [3.05, 3.63) is 58.4 Å². The Bertz CT molecular complexity index is 892. The van der Waals surface area contributed by atoms with Crippen LogP contribution in [-0.2, 0) is 16.0 Å². The Morgan fingerprint density at radius 3 is 2.79 bits per heavy atom. The summed E-state index contributed by atoms with van der Waals surface area (Å²) in [6.45, 7) is 5.25. The predicted molar refractivity (Wildman–Crippen MR) is 134 cm³/mol. The summed E-state index contributed by atoms with van der Waals surface area (Å²) in [7, 11) is 0. The minimum absolute atomic E-state index is 0.0750. The Labute approximate surface area is 203 Å². The highest BCUT2D eigenvalue weighted by Gasteiger charge is 2.21.